The molecule has 0 N–H and O–H groups in total. The summed E-state index contributed by atoms with van der Waals surface area (Å²) in [6, 6.07) is 5.98. The molecule has 1 aromatic rings. The number of hydrogen-bond donors (Lipinski definition) is 0. The van der Waals surface area contributed by atoms with Crippen LogP contribution < -0.4 is 9.64 Å². The van der Waals surface area contributed by atoms with Crippen molar-refractivity contribution in [1.82, 2.24) is 0 Å². The van der Waals surface area contributed by atoms with Crippen molar-refractivity contribution in [3.8, 4) is 5.75 Å². The van der Waals surface area contributed by atoms with Crippen LogP contribution in [0.4, 0.5) is 5.69 Å². The third-order valence-corrected chi connectivity index (χ3v) is 4.40. The molecule has 0 aliphatic carbocycles. The summed E-state index contributed by atoms with van der Waals surface area (Å²) in [4.78, 5) is 14.7. The Morgan fingerprint density at radius 3 is 2.75 bits per heavy atom. The summed E-state index contributed by atoms with van der Waals surface area (Å²) in [5.74, 6) is 1.20. The quantitative estimate of drug-likeness (QED) is 0.717. The van der Waals surface area contributed by atoms with Gasteiger partial charge in [-0.3, -0.25) is 4.79 Å². The molecule has 0 fully saturated rings. The number of carbonyl (C=O) groups excluding carboxylic acids is 1. The summed E-state index contributed by atoms with van der Waals surface area (Å²) in [6.07, 6.45) is 0.902. The number of fused-ring (bicyclic) bond motifs is 1. The van der Waals surface area contributed by atoms with E-state index in [1.54, 1.807) is 7.11 Å². The van der Waals surface area contributed by atoms with E-state index in [0.717, 1.165) is 23.4 Å². The van der Waals surface area contributed by atoms with Crippen molar-refractivity contribution in [3.05, 3.63) is 23.8 Å². The molecule has 5 nitrogen and oxygen atoms in total. The average molecular weight is 335 g/mol. The van der Waals surface area contributed by atoms with E-state index in [2.05, 4.69) is 26.8 Å². The maximum absolute atomic E-state index is 12.8. The summed E-state index contributed by atoms with van der Waals surface area (Å²) >= 11 is 0. The molecule has 134 valence electrons. The smallest absolute Gasteiger partial charge is 0.253 e. The molecular weight excluding hydrogens is 306 g/mol. The Kier molecular flexibility index (Phi) is 6.24. The van der Waals surface area contributed by atoms with Crippen LogP contribution in [0.15, 0.2) is 18.2 Å². The summed E-state index contributed by atoms with van der Waals surface area (Å²) in [6.45, 7) is 9.99. The SMILES string of the molecule is CCOc1ccc2c(c1)C(C)CC(C)(C)N2C(=O)COCCOC. The molecule has 1 aromatic carbocycles. The van der Waals surface area contributed by atoms with E-state index in [4.69, 9.17) is 14.2 Å². The van der Waals surface area contributed by atoms with Crippen LogP contribution in [0.5, 0.6) is 5.75 Å². The van der Waals surface area contributed by atoms with Gasteiger partial charge in [-0.25, -0.2) is 0 Å². The second-order valence-corrected chi connectivity index (χ2v) is 6.85. The number of rotatable bonds is 7. The first-order valence-electron chi connectivity index (χ1n) is 8.57. The lowest BCUT2D eigenvalue weighted by molar-refractivity contribution is -0.124. The van der Waals surface area contributed by atoms with Gasteiger partial charge in [0.05, 0.1) is 19.8 Å². The molecule has 5 heteroatoms. The standard InChI is InChI=1S/C19H29NO4/c1-6-24-15-7-8-17-16(11-15)14(2)12-19(3,4)20(17)18(21)13-23-10-9-22-5/h7-8,11,14H,6,9-10,12-13H2,1-5H3. The Bertz CT molecular complexity index is 570. The van der Waals surface area contributed by atoms with Crippen LogP contribution in [-0.2, 0) is 14.3 Å². The first-order valence-corrected chi connectivity index (χ1v) is 8.57. The zero-order chi connectivity index (χ0) is 17.7. The van der Waals surface area contributed by atoms with Gasteiger partial charge >= 0.3 is 0 Å². The Morgan fingerprint density at radius 2 is 2.08 bits per heavy atom. The van der Waals surface area contributed by atoms with Crippen LogP contribution in [0.3, 0.4) is 0 Å². The minimum Gasteiger partial charge on any atom is -0.494 e. The first-order chi connectivity index (χ1) is 11.4. The fourth-order valence-electron chi connectivity index (χ4n) is 3.50. The monoisotopic (exact) mass is 335 g/mol. The highest BCUT2D eigenvalue weighted by Gasteiger charge is 2.39. The van der Waals surface area contributed by atoms with Crippen LogP contribution >= 0.6 is 0 Å². The van der Waals surface area contributed by atoms with Crippen molar-refractivity contribution in [3.63, 3.8) is 0 Å². The van der Waals surface area contributed by atoms with Gasteiger partial charge < -0.3 is 19.1 Å². The number of amides is 1. The van der Waals surface area contributed by atoms with Crippen molar-refractivity contribution in [2.45, 2.75) is 45.6 Å². The Morgan fingerprint density at radius 1 is 1.33 bits per heavy atom. The lowest BCUT2D eigenvalue weighted by Crippen LogP contribution is -2.53. The van der Waals surface area contributed by atoms with E-state index in [9.17, 15) is 4.79 Å². The summed E-state index contributed by atoms with van der Waals surface area (Å²) in [7, 11) is 1.62. The molecule has 0 saturated heterocycles. The van der Waals surface area contributed by atoms with Crippen LogP contribution in [-0.4, -0.2) is 45.0 Å². The molecule has 2 rings (SSSR count). The van der Waals surface area contributed by atoms with Gasteiger partial charge in [-0.05, 0) is 56.9 Å². The fourth-order valence-corrected chi connectivity index (χ4v) is 3.50. The fraction of sp³-hybridized carbons (Fsp3) is 0.632. The minimum atomic E-state index is -0.249. The summed E-state index contributed by atoms with van der Waals surface area (Å²) < 4.78 is 16.0. The van der Waals surface area contributed by atoms with Gasteiger partial charge in [-0.2, -0.15) is 0 Å². The van der Waals surface area contributed by atoms with Gasteiger partial charge in [0.25, 0.3) is 5.91 Å². The van der Waals surface area contributed by atoms with Crippen molar-refractivity contribution < 1.29 is 19.0 Å². The van der Waals surface area contributed by atoms with Crippen molar-refractivity contribution >= 4 is 11.6 Å². The van der Waals surface area contributed by atoms with E-state index in [0.29, 0.717) is 25.7 Å². The van der Waals surface area contributed by atoms with E-state index in [1.165, 1.54) is 0 Å². The number of ether oxygens (including phenoxy) is 3. The molecule has 1 aliphatic heterocycles. The number of anilines is 1. The highest BCUT2D eigenvalue weighted by atomic mass is 16.5. The van der Waals surface area contributed by atoms with E-state index >= 15 is 0 Å². The molecule has 1 heterocycles. The van der Waals surface area contributed by atoms with Crippen molar-refractivity contribution in [2.24, 2.45) is 0 Å². The van der Waals surface area contributed by atoms with Crippen LogP contribution in [0.25, 0.3) is 0 Å². The average Bonchev–Trinajstić information content (AvgIpc) is 2.51. The van der Waals surface area contributed by atoms with Crippen LogP contribution in [0.1, 0.15) is 45.6 Å². The molecule has 1 aliphatic rings. The van der Waals surface area contributed by atoms with Gasteiger partial charge in [-0.1, -0.05) is 6.92 Å². The normalized spacial score (nSPS) is 19.0. The minimum absolute atomic E-state index is 0.0200. The molecule has 0 radical (unpaired) electrons. The Balaban J connectivity index is 2.26. The number of hydrogen-bond acceptors (Lipinski definition) is 4. The predicted octanol–water partition coefficient (Wildman–Crippen LogP) is 3.37. The Labute approximate surface area is 144 Å². The Hall–Kier alpha value is -1.59. The predicted molar refractivity (Wildman–Crippen MR) is 94.9 cm³/mol. The third kappa shape index (κ3) is 4.08. The maximum Gasteiger partial charge on any atom is 0.253 e. The second-order valence-electron chi connectivity index (χ2n) is 6.85. The molecular formula is C19H29NO4. The molecule has 1 atom stereocenters. The summed E-state index contributed by atoms with van der Waals surface area (Å²) in [5, 5.41) is 0. The third-order valence-electron chi connectivity index (χ3n) is 4.40. The van der Waals surface area contributed by atoms with Crippen molar-refractivity contribution in [1.29, 1.82) is 0 Å². The first kappa shape index (κ1) is 18.7. The molecule has 24 heavy (non-hydrogen) atoms. The molecule has 0 bridgehead atoms. The number of benzene rings is 1. The molecule has 1 amide bonds. The number of methoxy groups -OCH3 is 1. The zero-order valence-electron chi connectivity index (χ0n) is 15.4. The van der Waals surface area contributed by atoms with Gasteiger partial charge in [0, 0.05) is 18.3 Å². The van der Waals surface area contributed by atoms with E-state index in [1.807, 2.05) is 24.0 Å². The molecule has 0 saturated carbocycles. The van der Waals surface area contributed by atoms with E-state index in [-0.39, 0.29) is 18.1 Å². The van der Waals surface area contributed by atoms with Gasteiger partial charge in [0.1, 0.15) is 12.4 Å². The summed E-state index contributed by atoms with van der Waals surface area (Å²) in [5.41, 5.74) is 1.87. The molecule has 1 unspecified atom stereocenters. The molecule has 0 aromatic heterocycles. The molecule has 0 spiro atoms. The number of carbonyl (C=O) groups is 1. The number of nitrogens with zero attached hydrogens (tertiary/aromatic N) is 1. The lowest BCUT2D eigenvalue weighted by Gasteiger charge is -2.46. The van der Waals surface area contributed by atoms with Gasteiger partial charge in [0.2, 0.25) is 0 Å². The topological polar surface area (TPSA) is 48.0 Å². The second kappa shape index (κ2) is 7.99. The maximum atomic E-state index is 12.8. The van der Waals surface area contributed by atoms with Crippen LogP contribution in [0, 0.1) is 0 Å². The highest BCUT2D eigenvalue weighted by molar-refractivity contribution is 5.97. The van der Waals surface area contributed by atoms with Gasteiger partial charge in [0.15, 0.2) is 0 Å². The highest BCUT2D eigenvalue weighted by Crippen LogP contribution is 2.44. The largest absolute Gasteiger partial charge is 0.494 e. The van der Waals surface area contributed by atoms with E-state index < -0.39 is 0 Å². The van der Waals surface area contributed by atoms with Gasteiger partial charge in [-0.15, -0.1) is 0 Å². The van der Waals surface area contributed by atoms with Crippen LogP contribution in [0.2, 0.25) is 0 Å². The van der Waals surface area contributed by atoms with Crippen molar-refractivity contribution in [2.75, 3.05) is 38.4 Å². The lowest BCUT2D eigenvalue weighted by atomic mass is 9.80. The zero-order valence-corrected chi connectivity index (χ0v) is 15.4.